The van der Waals surface area contributed by atoms with E-state index in [-0.39, 0.29) is 17.9 Å². The van der Waals surface area contributed by atoms with E-state index in [1.165, 1.54) is 30.3 Å². The van der Waals surface area contributed by atoms with E-state index in [9.17, 15) is 10.1 Å². The van der Waals surface area contributed by atoms with Crippen LogP contribution in [0.4, 0.5) is 11.5 Å². The number of aromatic nitrogens is 2. The second kappa shape index (κ2) is 9.93. The van der Waals surface area contributed by atoms with Gasteiger partial charge in [0.2, 0.25) is 0 Å². The number of halogens is 1. The van der Waals surface area contributed by atoms with Crippen LogP contribution in [0.25, 0.3) is 0 Å². The molecule has 1 saturated heterocycles. The van der Waals surface area contributed by atoms with Gasteiger partial charge in [0.25, 0.3) is 0 Å². The SMILES string of the molecule is O=[N+]([O-])c1cn2c(n1)O[C@@H](COc1ccc(N3CCC(Cc4ccc(Cl)cc4)CC3)cc1)CC2. The van der Waals surface area contributed by atoms with Crippen molar-refractivity contribution in [1.29, 1.82) is 0 Å². The summed E-state index contributed by atoms with van der Waals surface area (Å²) in [6.45, 7) is 3.09. The fourth-order valence-electron chi connectivity index (χ4n) is 4.63. The molecule has 0 radical (unpaired) electrons. The van der Waals surface area contributed by atoms with Gasteiger partial charge in [-0.3, -0.25) is 4.57 Å². The summed E-state index contributed by atoms with van der Waals surface area (Å²) in [5.74, 6) is 1.29. The van der Waals surface area contributed by atoms with Crippen LogP contribution in [-0.4, -0.2) is 40.3 Å². The first-order valence-electron chi connectivity index (χ1n) is 11.6. The van der Waals surface area contributed by atoms with E-state index >= 15 is 0 Å². The lowest BCUT2D eigenvalue weighted by Gasteiger charge is -2.33. The van der Waals surface area contributed by atoms with Crippen molar-refractivity contribution in [2.24, 2.45) is 5.92 Å². The molecule has 3 heterocycles. The van der Waals surface area contributed by atoms with E-state index < -0.39 is 4.92 Å². The third-order valence-electron chi connectivity index (χ3n) is 6.57. The van der Waals surface area contributed by atoms with Crippen molar-refractivity contribution in [2.75, 3.05) is 24.6 Å². The average Bonchev–Trinajstić information content (AvgIpc) is 3.29. The molecule has 5 rings (SSSR count). The van der Waals surface area contributed by atoms with E-state index in [0.717, 1.165) is 30.3 Å². The molecule has 0 unspecified atom stereocenters. The Morgan fingerprint density at radius 1 is 1.06 bits per heavy atom. The van der Waals surface area contributed by atoms with Crippen LogP contribution in [0.1, 0.15) is 24.8 Å². The summed E-state index contributed by atoms with van der Waals surface area (Å²) >= 11 is 5.99. The molecule has 178 valence electrons. The number of nitrogens with zero attached hydrogens (tertiary/aromatic N) is 4. The molecule has 2 aliphatic heterocycles. The van der Waals surface area contributed by atoms with Crippen LogP contribution in [-0.2, 0) is 13.0 Å². The quantitative estimate of drug-likeness (QED) is 0.343. The Kier molecular flexibility index (Phi) is 6.58. The molecule has 1 aromatic heterocycles. The minimum atomic E-state index is -0.510. The lowest BCUT2D eigenvalue weighted by atomic mass is 9.90. The highest BCUT2D eigenvalue weighted by Crippen LogP contribution is 2.28. The Balaban J connectivity index is 1.08. The van der Waals surface area contributed by atoms with Gasteiger partial charge in [-0.05, 0) is 72.1 Å². The number of imidazole rings is 1. The Morgan fingerprint density at radius 2 is 1.79 bits per heavy atom. The molecule has 0 saturated carbocycles. The highest BCUT2D eigenvalue weighted by molar-refractivity contribution is 6.30. The molecule has 0 aliphatic carbocycles. The molecular weight excluding hydrogens is 456 g/mol. The molecule has 3 aromatic rings. The second-order valence-electron chi connectivity index (χ2n) is 8.93. The van der Waals surface area contributed by atoms with Gasteiger partial charge in [-0.25, -0.2) is 0 Å². The van der Waals surface area contributed by atoms with Gasteiger partial charge in [0.15, 0.2) is 0 Å². The van der Waals surface area contributed by atoms with Crippen LogP contribution in [0.5, 0.6) is 11.8 Å². The summed E-state index contributed by atoms with van der Waals surface area (Å²) in [6.07, 6.45) is 5.39. The molecule has 34 heavy (non-hydrogen) atoms. The Hall–Kier alpha value is -3.26. The number of ether oxygens (including phenoxy) is 2. The summed E-state index contributed by atoms with van der Waals surface area (Å²) in [5, 5.41) is 11.7. The molecule has 2 aromatic carbocycles. The zero-order valence-corrected chi connectivity index (χ0v) is 19.6. The lowest BCUT2D eigenvalue weighted by molar-refractivity contribution is -0.389. The van der Waals surface area contributed by atoms with Crippen molar-refractivity contribution in [3.8, 4) is 11.8 Å². The summed E-state index contributed by atoms with van der Waals surface area (Å²) < 4.78 is 13.4. The van der Waals surface area contributed by atoms with Crippen molar-refractivity contribution in [3.63, 3.8) is 0 Å². The standard InChI is InChI=1S/C25H27ClN4O4/c26-20-3-1-18(2-4-20)15-19-9-12-28(13-10-19)21-5-7-22(8-6-21)33-17-23-11-14-29-16-24(30(31)32)27-25(29)34-23/h1-8,16,19,23H,9-15,17H2/t23-/m1/s1. The number of fused-ring (bicyclic) bond motifs is 1. The Morgan fingerprint density at radius 3 is 2.50 bits per heavy atom. The fraction of sp³-hybridized carbons (Fsp3) is 0.400. The summed E-state index contributed by atoms with van der Waals surface area (Å²) in [4.78, 5) is 16.7. The number of benzene rings is 2. The first-order valence-corrected chi connectivity index (χ1v) is 12.0. The topological polar surface area (TPSA) is 82.7 Å². The summed E-state index contributed by atoms with van der Waals surface area (Å²) in [6, 6.07) is 16.7. The zero-order valence-electron chi connectivity index (χ0n) is 18.8. The number of nitro groups is 1. The number of piperidine rings is 1. The molecule has 8 nitrogen and oxygen atoms in total. The summed E-state index contributed by atoms with van der Waals surface area (Å²) in [5.41, 5.74) is 2.56. The van der Waals surface area contributed by atoms with Gasteiger partial charge in [0.1, 0.15) is 24.7 Å². The van der Waals surface area contributed by atoms with E-state index in [1.807, 2.05) is 24.3 Å². The van der Waals surface area contributed by atoms with Crippen LogP contribution in [0.15, 0.2) is 54.7 Å². The normalized spacial score (nSPS) is 18.3. The molecular formula is C25H27ClN4O4. The number of hydrogen-bond donors (Lipinski definition) is 0. The smallest absolute Gasteiger partial charge is 0.414 e. The van der Waals surface area contributed by atoms with Crippen LogP contribution in [0.3, 0.4) is 0 Å². The highest BCUT2D eigenvalue weighted by atomic mass is 35.5. The fourth-order valence-corrected chi connectivity index (χ4v) is 4.75. The van der Waals surface area contributed by atoms with E-state index in [4.69, 9.17) is 21.1 Å². The maximum Gasteiger partial charge on any atom is 0.414 e. The molecule has 0 amide bonds. The van der Waals surface area contributed by atoms with Gasteiger partial charge in [0.05, 0.1) is 0 Å². The average molecular weight is 483 g/mol. The van der Waals surface area contributed by atoms with Crippen LogP contribution >= 0.6 is 11.6 Å². The number of rotatable bonds is 7. The predicted octanol–water partition coefficient (Wildman–Crippen LogP) is 5.13. The highest BCUT2D eigenvalue weighted by Gasteiger charge is 2.28. The van der Waals surface area contributed by atoms with Crippen LogP contribution in [0, 0.1) is 16.0 Å². The molecule has 0 N–H and O–H groups in total. The van der Waals surface area contributed by atoms with Gasteiger partial charge in [-0.1, -0.05) is 23.7 Å². The minimum Gasteiger partial charge on any atom is -0.490 e. The largest absolute Gasteiger partial charge is 0.490 e. The predicted molar refractivity (Wildman–Crippen MR) is 130 cm³/mol. The van der Waals surface area contributed by atoms with Crippen molar-refractivity contribution in [3.05, 3.63) is 75.4 Å². The van der Waals surface area contributed by atoms with Crippen LogP contribution in [0.2, 0.25) is 5.02 Å². The first kappa shape index (κ1) is 22.5. The number of anilines is 1. The molecule has 9 heteroatoms. The van der Waals surface area contributed by atoms with Crippen molar-refractivity contribution < 1.29 is 14.4 Å². The van der Waals surface area contributed by atoms with Gasteiger partial charge in [-0.15, -0.1) is 0 Å². The van der Waals surface area contributed by atoms with Crippen molar-refractivity contribution in [1.82, 2.24) is 9.55 Å². The Bertz CT molecular complexity index is 1120. The van der Waals surface area contributed by atoms with E-state index in [1.54, 1.807) is 4.57 Å². The van der Waals surface area contributed by atoms with Gasteiger partial charge in [-0.2, -0.15) is 0 Å². The van der Waals surface area contributed by atoms with Gasteiger partial charge >= 0.3 is 11.8 Å². The summed E-state index contributed by atoms with van der Waals surface area (Å²) in [7, 11) is 0. The third kappa shape index (κ3) is 5.28. The molecule has 0 bridgehead atoms. The molecule has 1 atom stereocenters. The van der Waals surface area contributed by atoms with E-state index in [2.05, 4.69) is 34.1 Å². The van der Waals surface area contributed by atoms with Crippen molar-refractivity contribution >= 4 is 23.1 Å². The maximum absolute atomic E-state index is 10.9. The van der Waals surface area contributed by atoms with Crippen LogP contribution < -0.4 is 14.4 Å². The molecule has 2 aliphatic rings. The maximum atomic E-state index is 10.9. The number of aryl methyl sites for hydroxylation is 1. The number of hydrogen-bond acceptors (Lipinski definition) is 6. The zero-order chi connectivity index (χ0) is 23.5. The third-order valence-corrected chi connectivity index (χ3v) is 6.82. The van der Waals surface area contributed by atoms with Gasteiger partial charge in [0, 0.05) is 41.7 Å². The molecule has 0 spiro atoms. The minimum absolute atomic E-state index is 0.186. The second-order valence-corrected chi connectivity index (χ2v) is 9.36. The molecule has 1 fully saturated rings. The van der Waals surface area contributed by atoms with E-state index in [0.29, 0.717) is 25.5 Å². The first-order chi connectivity index (χ1) is 16.5. The monoisotopic (exact) mass is 482 g/mol. The Labute approximate surface area is 203 Å². The van der Waals surface area contributed by atoms with Crippen molar-refractivity contribution in [2.45, 2.75) is 38.3 Å². The van der Waals surface area contributed by atoms with Gasteiger partial charge < -0.3 is 24.5 Å². The lowest BCUT2D eigenvalue weighted by Crippen LogP contribution is -2.34.